The third kappa shape index (κ3) is 5.93. The van der Waals surface area contributed by atoms with Gasteiger partial charge in [0.15, 0.2) is 0 Å². The van der Waals surface area contributed by atoms with E-state index < -0.39 is 0 Å². The summed E-state index contributed by atoms with van der Waals surface area (Å²) in [6.07, 6.45) is 2.70. The van der Waals surface area contributed by atoms with Crippen molar-refractivity contribution in [3.05, 3.63) is 16.1 Å². The normalized spacial score (nSPS) is 10.8. The first-order valence-electron chi connectivity index (χ1n) is 7.48. The number of rotatable bonds is 8. The van der Waals surface area contributed by atoms with Gasteiger partial charge in [0, 0.05) is 24.4 Å². The number of carbonyl (C=O) groups excluding carboxylic acids is 1. The molecular formula is C15H28ClN3OS. The zero-order valence-electron chi connectivity index (χ0n) is 13.5. The van der Waals surface area contributed by atoms with E-state index in [0.717, 1.165) is 30.8 Å². The molecule has 0 bridgehead atoms. The van der Waals surface area contributed by atoms with Crippen LogP contribution in [0.5, 0.6) is 0 Å². The van der Waals surface area contributed by atoms with Crippen molar-refractivity contribution in [1.82, 2.24) is 9.88 Å². The topological polar surface area (TPSA) is 59.2 Å². The highest BCUT2D eigenvalue weighted by Gasteiger charge is 2.24. The van der Waals surface area contributed by atoms with Gasteiger partial charge in [-0.15, -0.1) is 23.7 Å². The first kappa shape index (κ1) is 20.3. The van der Waals surface area contributed by atoms with Crippen LogP contribution in [0.1, 0.15) is 56.0 Å². The van der Waals surface area contributed by atoms with Gasteiger partial charge in [-0.1, -0.05) is 27.7 Å². The lowest BCUT2D eigenvalue weighted by Crippen LogP contribution is -2.42. The Hall–Kier alpha value is -0.650. The fraction of sp³-hybridized carbons (Fsp3) is 0.733. The molecule has 0 aromatic carbocycles. The van der Waals surface area contributed by atoms with E-state index in [2.05, 4.69) is 32.7 Å². The van der Waals surface area contributed by atoms with Gasteiger partial charge < -0.3 is 10.6 Å². The molecule has 0 saturated heterocycles. The molecule has 0 aliphatic rings. The minimum absolute atomic E-state index is 0. The Bertz CT molecular complexity index is 419. The standard InChI is InChI=1S/C15H27N3OS.ClH/c1-5-12(6-2)18(9-11(3)4)15(19)13-10-20-14(17-13)7-8-16;/h10-12H,5-9,16H2,1-4H3;1H. The van der Waals surface area contributed by atoms with Gasteiger partial charge in [0.25, 0.3) is 5.91 Å². The number of thiazole rings is 1. The third-order valence-electron chi connectivity index (χ3n) is 3.34. The van der Waals surface area contributed by atoms with Gasteiger partial charge in [0.1, 0.15) is 5.69 Å². The average Bonchev–Trinajstić information content (AvgIpc) is 2.87. The number of aromatic nitrogens is 1. The van der Waals surface area contributed by atoms with E-state index in [1.54, 1.807) is 0 Å². The molecule has 1 heterocycles. The minimum Gasteiger partial charge on any atom is -0.334 e. The summed E-state index contributed by atoms with van der Waals surface area (Å²) in [5, 5.41) is 2.81. The molecule has 1 aromatic heterocycles. The summed E-state index contributed by atoms with van der Waals surface area (Å²) in [5.74, 6) is 0.522. The van der Waals surface area contributed by atoms with E-state index in [1.165, 1.54) is 11.3 Å². The van der Waals surface area contributed by atoms with Gasteiger partial charge in [-0.25, -0.2) is 4.98 Å². The molecule has 0 radical (unpaired) electrons. The van der Waals surface area contributed by atoms with Crippen LogP contribution in [0.15, 0.2) is 5.38 Å². The third-order valence-corrected chi connectivity index (χ3v) is 4.24. The largest absolute Gasteiger partial charge is 0.334 e. The average molecular weight is 334 g/mol. The molecule has 1 rings (SSSR count). The SMILES string of the molecule is CCC(CC)N(CC(C)C)C(=O)c1csc(CCN)n1.Cl. The van der Waals surface area contributed by atoms with Crippen molar-refractivity contribution >= 4 is 29.7 Å². The second kappa shape index (κ2) is 10.1. The summed E-state index contributed by atoms with van der Waals surface area (Å²) >= 11 is 1.53. The van der Waals surface area contributed by atoms with E-state index in [4.69, 9.17) is 5.73 Å². The first-order chi connectivity index (χ1) is 9.53. The maximum Gasteiger partial charge on any atom is 0.273 e. The van der Waals surface area contributed by atoms with Crippen LogP contribution in [-0.2, 0) is 6.42 Å². The molecule has 0 aliphatic heterocycles. The highest BCUT2D eigenvalue weighted by molar-refractivity contribution is 7.09. The van der Waals surface area contributed by atoms with Crippen molar-refractivity contribution in [1.29, 1.82) is 0 Å². The second-order valence-electron chi connectivity index (χ2n) is 5.49. The predicted octanol–water partition coefficient (Wildman–Crippen LogP) is 3.35. The van der Waals surface area contributed by atoms with Gasteiger partial charge in [0.05, 0.1) is 5.01 Å². The van der Waals surface area contributed by atoms with Crippen LogP contribution in [0.2, 0.25) is 0 Å². The van der Waals surface area contributed by atoms with E-state index in [1.807, 2.05) is 10.3 Å². The highest BCUT2D eigenvalue weighted by Crippen LogP contribution is 2.18. The first-order valence-corrected chi connectivity index (χ1v) is 8.36. The molecule has 0 unspecified atom stereocenters. The Balaban J connectivity index is 0.00000400. The van der Waals surface area contributed by atoms with Gasteiger partial charge in [0.2, 0.25) is 0 Å². The molecule has 0 saturated carbocycles. The zero-order chi connectivity index (χ0) is 15.1. The summed E-state index contributed by atoms with van der Waals surface area (Å²) in [6.45, 7) is 9.91. The smallest absolute Gasteiger partial charge is 0.273 e. The van der Waals surface area contributed by atoms with E-state index in [9.17, 15) is 4.79 Å². The van der Waals surface area contributed by atoms with Crippen LogP contribution >= 0.6 is 23.7 Å². The summed E-state index contributed by atoms with van der Waals surface area (Å²) in [4.78, 5) is 19.1. The van der Waals surface area contributed by atoms with Crippen LogP contribution in [0.25, 0.3) is 0 Å². The van der Waals surface area contributed by atoms with Crippen molar-refractivity contribution in [2.45, 2.75) is 53.0 Å². The molecule has 1 amide bonds. The zero-order valence-corrected chi connectivity index (χ0v) is 15.1. The van der Waals surface area contributed by atoms with Crippen molar-refractivity contribution < 1.29 is 4.79 Å². The van der Waals surface area contributed by atoms with Crippen LogP contribution in [0.4, 0.5) is 0 Å². The number of carbonyl (C=O) groups is 1. The molecule has 0 spiro atoms. The molecule has 4 nitrogen and oxygen atoms in total. The molecule has 6 heteroatoms. The quantitative estimate of drug-likeness (QED) is 0.793. The Morgan fingerprint density at radius 1 is 1.38 bits per heavy atom. The van der Waals surface area contributed by atoms with Crippen molar-refractivity contribution in [2.75, 3.05) is 13.1 Å². The van der Waals surface area contributed by atoms with E-state index in [0.29, 0.717) is 24.2 Å². The van der Waals surface area contributed by atoms with E-state index in [-0.39, 0.29) is 18.3 Å². The number of halogens is 1. The summed E-state index contributed by atoms with van der Waals surface area (Å²) in [6, 6.07) is 0.296. The summed E-state index contributed by atoms with van der Waals surface area (Å²) < 4.78 is 0. The summed E-state index contributed by atoms with van der Waals surface area (Å²) in [7, 11) is 0. The highest BCUT2D eigenvalue weighted by atomic mass is 35.5. The van der Waals surface area contributed by atoms with Crippen molar-refractivity contribution in [3.8, 4) is 0 Å². The van der Waals surface area contributed by atoms with Crippen molar-refractivity contribution in [2.24, 2.45) is 11.7 Å². The van der Waals surface area contributed by atoms with Gasteiger partial charge in [-0.3, -0.25) is 4.79 Å². The number of nitrogens with two attached hydrogens (primary N) is 1. The van der Waals surface area contributed by atoms with Crippen LogP contribution in [-0.4, -0.2) is 34.9 Å². The Labute approximate surface area is 138 Å². The van der Waals surface area contributed by atoms with Crippen LogP contribution < -0.4 is 5.73 Å². The Kier molecular flexibility index (Phi) is 9.83. The molecule has 122 valence electrons. The summed E-state index contributed by atoms with van der Waals surface area (Å²) in [5.41, 5.74) is 6.11. The molecule has 2 N–H and O–H groups in total. The lowest BCUT2D eigenvalue weighted by atomic mass is 10.1. The second-order valence-corrected chi connectivity index (χ2v) is 6.43. The predicted molar refractivity (Wildman–Crippen MR) is 92.4 cm³/mol. The molecule has 0 aliphatic carbocycles. The molecule has 0 atom stereocenters. The number of hydrogen-bond donors (Lipinski definition) is 1. The van der Waals surface area contributed by atoms with Crippen LogP contribution in [0, 0.1) is 5.92 Å². The molecule has 21 heavy (non-hydrogen) atoms. The van der Waals surface area contributed by atoms with Crippen LogP contribution in [0.3, 0.4) is 0 Å². The van der Waals surface area contributed by atoms with Gasteiger partial charge in [-0.05, 0) is 25.3 Å². The van der Waals surface area contributed by atoms with Gasteiger partial charge >= 0.3 is 0 Å². The minimum atomic E-state index is 0. The fourth-order valence-electron chi connectivity index (χ4n) is 2.32. The Morgan fingerprint density at radius 2 is 2.00 bits per heavy atom. The lowest BCUT2D eigenvalue weighted by molar-refractivity contribution is 0.0635. The molecular weight excluding hydrogens is 306 g/mol. The number of hydrogen-bond acceptors (Lipinski definition) is 4. The maximum atomic E-state index is 12.7. The lowest BCUT2D eigenvalue weighted by Gasteiger charge is -2.31. The molecule has 0 fully saturated rings. The maximum absolute atomic E-state index is 12.7. The van der Waals surface area contributed by atoms with Crippen molar-refractivity contribution in [3.63, 3.8) is 0 Å². The molecule has 1 aromatic rings. The fourth-order valence-corrected chi connectivity index (χ4v) is 3.10. The number of amides is 1. The monoisotopic (exact) mass is 333 g/mol. The Morgan fingerprint density at radius 3 is 2.48 bits per heavy atom. The van der Waals surface area contributed by atoms with E-state index >= 15 is 0 Å². The van der Waals surface area contributed by atoms with Gasteiger partial charge in [-0.2, -0.15) is 0 Å². The number of nitrogens with zero attached hydrogens (tertiary/aromatic N) is 2.